The van der Waals surface area contributed by atoms with Crippen molar-refractivity contribution in [2.45, 2.75) is 19.3 Å². The third-order valence-corrected chi connectivity index (χ3v) is 4.26. The fourth-order valence-corrected chi connectivity index (χ4v) is 2.82. The molecule has 1 saturated carbocycles. The molecule has 0 spiro atoms. The van der Waals surface area contributed by atoms with Crippen LogP contribution in [0.2, 0.25) is 0 Å². The quantitative estimate of drug-likeness (QED) is 0.831. The summed E-state index contributed by atoms with van der Waals surface area (Å²) in [6.45, 7) is 5.20. The summed E-state index contributed by atoms with van der Waals surface area (Å²) >= 11 is 0. The molecule has 0 atom stereocenters. The van der Waals surface area contributed by atoms with Gasteiger partial charge >= 0.3 is 0 Å². The van der Waals surface area contributed by atoms with Crippen LogP contribution in [0.3, 0.4) is 0 Å². The van der Waals surface area contributed by atoms with Gasteiger partial charge in [-0.1, -0.05) is 18.2 Å². The minimum Gasteiger partial charge on any atom is -0.484 e. The third-order valence-electron chi connectivity index (χ3n) is 4.26. The lowest BCUT2D eigenvalue weighted by molar-refractivity contribution is -0.133. The number of benzene rings is 1. The first-order valence-corrected chi connectivity index (χ1v) is 7.99. The number of carbonyl (C=O) groups is 1. The molecule has 1 saturated heterocycles. The van der Waals surface area contributed by atoms with Crippen molar-refractivity contribution in [3.63, 3.8) is 0 Å². The van der Waals surface area contributed by atoms with E-state index in [4.69, 9.17) is 4.74 Å². The second-order valence-electron chi connectivity index (χ2n) is 6.08. The molecule has 0 N–H and O–H groups in total. The molecule has 4 heteroatoms. The Kier molecular flexibility index (Phi) is 4.76. The van der Waals surface area contributed by atoms with Crippen LogP contribution in [0.25, 0.3) is 0 Å². The topological polar surface area (TPSA) is 32.8 Å². The minimum atomic E-state index is 0.104. The van der Waals surface area contributed by atoms with E-state index in [0.717, 1.165) is 44.3 Å². The molecule has 0 bridgehead atoms. The summed E-state index contributed by atoms with van der Waals surface area (Å²) in [5, 5.41) is 0. The molecule has 1 amide bonds. The molecule has 2 fully saturated rings. The van der Waals surface area contributed by atoms with Gasteiger partial charge in [-0.05, 0) is 43.9 Å². The Bertz CT molecular complexity index is 459. The van der Waals surface area contributed by atoms with E-state index in [2.05, 4.69) is 4.90 Å². The molecule has 1 aliphatic carbocycles. The van der Waals surface area contributed by atoms with Crippen LogP contribution < -0.4 is 4.74 Å². The van der Waals surface area contributed by atoms with Crippen LogP contribution in [0.4, 0.5) is 0 Å². The minimum absolute atomic E-state index is 0.104. The van der Waals surface area contributed by atoms with Crippen molar-refractivity contribution >= 4 is 5.91 Å². The van der Waals surface area contributed by atoms with Crippen LogP contribution in [-0.4, -0.2) is 55.0 Å². The van der Waals surface area contributed by atoms with E-state index in [1.165, 1.54) is 19.4 Å². The van der Waals surface area contributed by atoms with Crippen molar-refractivity contribution in [1.82, 2.24) is 9.80 Å². The lowest BCUT2D eigenvalue weighted by atomic mass is 10.3. The molecular weight excluding hydrogens is 264 g/mol. The molecule has 1 aliphatic heterocycles. The summed E-state index contributed by atoms with van der Waals surface area (Å²) in [5.41, 5.74) is 0. The van der Waals surface area contributed by atoms with Gasteiger partial charge in [-0.2, -0.15) is 0 Å². The van der Waals surface area contributed by atoms with Crippen LogP contribution in [-0.2, 0) is 4.79 Å². The average molecular weight is 288 g/mol. The number of para-hydroxylation sites is 1. The molecule has 0 unspecified atom stereocenters. The van der Waals surface area contributed by atoms with Crippen molar-refractivity contribution in [2.75, 3.05) is 39.3 Å². The van der Waals surface area contributed by atoms with Gasteiger partial charge in [0.05, 0.1) is 0 Å². The van der Waals surface area contributed by atoms with Gasteiger partial charge in [0, 0.05) is 26.2 Å². The molecule has 0 radical (unpaired) electrons. The lowest BCUT2D eigenvalue weighted by Gasteiger charge is -2.22. The lowest BCUT2D eigenvalue weighted by Crippen LogP contribution is -2.38. The number of rotatable bonds is 5. The molecule has 1 heterocycles. The molecule has 4 nitrogen and oxygen atoms in total. The molecular formula is C17H24N2O2. The van der Waals surface area contributed by atoms with Crippen molar-refractivity contribution < 1.29 is 9.53 Å². The Labute approximate surface area is 126 Å². The second-order valence-corrected chi connectivity index (χ2v) is 6.08. The Balaban J connectivity index is 1.43. The van der Waals surface area contributed by atoms with Crippen molar-refractivity contribution in [3.8, 4) is 5.75 Å². The maximum Gasteiger partial charge on any atom is 0.260 e. The fraction of sp³-hybridized carbons (Fsp3) is 0.588. The van der Waals surface area contributed by atoms with Crippen molar-refractivity contribution in [2.24, 2.45) is 5.92 Å². The molecule has 2 aliphatic rings. The number of hydrogen-bond acceptors (Lipinski definition) is 3. The van der Waals surface area contributed by atoms with Crippen molar-refractivity contribution in [1.29, 1.82) is 0 Å². The monoisotopic (exact) mass is 288 g/mol. The van der Waals surface area contributed by atoms with Gasteiger partial charge in [0.15, 0.2) is 6.61 Å². The summed E-state index contributed by atoms with van der Waals surface area (Å²) in [6, 6.07) is 9.54. The first-order chi connectivity index (χ1) is 10.3. The SMILES string of the molecule is O=C(COc1ccccc1)N1CCCN(CC2CC2)CC1. The van der Waals surface area contributed by atoms with Gasteiger partial charge < -0.3 is 14.5 Å². The number of hydrogen-bond donors (Lipinski definition) is 0. The summed E-state index contributed by atoms with van der Waals surface area (Å²) in [7, 11) is 0. The zero-order valence-electron chi connectivity index (χ0n) is 12.5. The van der Waals surface area contributed by atoms with Gasteiger partial charge in [-0.25, -0.2) is 0 Å². The van der Waals surface area contributed by atoms with E-state index < -0.39 is 0 Å². The fourth-order valence-electron chi connectivity index (χ4n) is 2.82. The van der Waals surface area contributed by atoms with Gasteiger partial charge in [-0.15, -0.1) is 0 Å². The van der Waals surface area contributed by atoms with Crippen molar-refractivity contribution in [3.05, 3.63) is 30.3 Å². The summed E-state index contributed by atoms with van der Waals surface area (Å²) in [6.07, 6.45) is 3.86. The highest BCUT2D eigenvalue weighted by Gasteiger charge is 2.26. The standard InChI is InChI=1S/C17H24N2O2/c20-17(14-21-16-5-2-1-3-6-16)19-10-4-9-18(11-12-19)13-15-7-8-15/h1-3,5-6,15H,4,7-14H2. The normalized spacial score (nSPS) is 20.1. The second kappa shape index (κ2) is 6.94. The predicted octanol–water partition coefficient (Wildman–Crippen LogP) is 2.01. The van der Waals surface area contributed by atoms with Gasteiger partial charge in [0.2, 0.25) is 0 Å². The Morgan fingerprint density at radius 3 is 2.67 bits per heavy atom. The third kappa shape index (κ3) is 4.46. The van der Waals surface area contributed by atoms with Crippen LogP contribution in [0, 0.1) is 5.92 Å². The number of carbonyl (C=O) groups excluding carboxylic acids is 1. The Morgan fingerprint density at radius 2 is 1.90 bits per heavy atom. The maximum atomic E-state index is 12.2. The smallest absolute Gasteiger partial charge is 0.260 e. The first kappa shape index (κ1) is 14.4. The summed E-state index contributed by atoms with van der Waals surface area (Å²) in [4.78, 5) is 16.7. The van der Waals surface area contributed by atoms with E-state index >= 15 is 0 Å². The zero-order valence-corrected chi connectivity index (χ0v) is 12.5. The highest BCUT2D eigenvalue weighted by atomic mass is 16.5. The van der Waals surface area contributed by atoms with E-state index in [1.54, 1.807) is 0 Å². The highest BCUT2D eigenvalue weighted by Crippen LogP contribution is 2.29. The Hall–Kier alpha value is -1.55. The van der Waals surface area contributed by atoms with Crippen LogP contribution >= 0.6 is 0 Å². The van der Waals surface area contributed by atoms with E-state index in [0.29, 0.717) is 0 Å². The summed E-state index contributed by atoms with van der Waals surface area (Å²) < 4.78 is 5.56. The molecule has 114 valence electrons. The average Bonchev–Trinajstić information content (AvgIpc) is 3.34. The van der Waals surface area contributed by atoms with Crippen LogP contribution in [0.15, 0.2) is 30.3 Å². The van der Waals surface area contributed by atoms with E-state index in [1.807, 2.05) is 35.2 Å². The van der Waals surface area contributed by atoms with E-state index in [9.17, 15) is 4.79 Å². The predicted molar refractivity (Wildman–Crippen MR) is 82.3 cm³/mol. The molecule has 1 aromatic rings. The first-order valence-electron chi connectivity index (χ1n) is 7.99. The number of ether oxygens (including phenoxy) is 1. The zero-order chi connectivity index (χ0) is 14.5. The molecule has 1 aromatic carbocycles. The van der Waals surface area contributed by atoms with Gasteiger partial charge in [0.1, 0.15) is 5.75 Å². The largest absolute Gasteiger partial charge is 0.484 e. The number of amides is 1. The molecule has 0 aromatic heterocycles. The maximum absolute atomic E-state index is 12.2. The van der Waals surface area contributed by atoms with E-state index in [-0.39, 0.29) is 12.5 Å². The van der Waals surface area contributed by atoms with Gasteiger partial charge in [0.25, 0.3) is 5.91 Å². The Morgan fingerprint density at radius 1 is 1.10 bits per heavy atom. The van der Waals surface area contributed by atoms with Crippen LogP contribution in [0.5, 0.6) is 5.75 Å². The highest BCUT2D eigenvalue weighted by molar-refractivity contribution is 5.77. The van der Waals surface area contributed by atoms with Crippen LogP contribution in [0.1, 0.15) is 19.3 Å². The number of nitrogens with zero attached hydrogens (tertiary/aromatic N) is 2. The molecule has 21 heavy (non-hydrogen) atoms. The summed E-state index contributed by atoms with van der Waals surface area (Å²) in [5.74, 6) is 1.79. The molecule has 3 rings (SSSR count). The van der Waals surface area contributed by atoms with Gasteiger partial charge in [-0.3, -0.25) is 4.79 Å².